The number of benzene rings is 2. The van der Waals surface area contributed by atoms with Crippen LogP contribution >= 0.6 is 11.6 Å². The number of β-amino-alcohol motifs (C(OH)–C–C–N with tert-alkyl or cyclic N) is 1. The number of nitrogens with zero attached hydrogens (tertiary/aromatic N) is 2. The van der Waals surface area contributed by atoms with E-state index < -0.39 is 11.6 Å². The Bertz CT molecular complexity index is 953. The van der Waals surface area contributed by atoms with E-state index >= 15 is 0 Å². The third-order valence-corrected chi connectivity index (χ3v) is 4.28. The molecule has 0 amide bonds. The lowest BCUT2D eigenvalue weighted by Gasteiger charge is -2.13. The van der Waals surface area contributed by atoms with E-state index in [9.17, 15) is 13.9 Å². The Morgan fingerprint density at radius 1 is 1.11 bits per heavy atom. The molecule has 138 valence electrons. The fourth-order valence-electron chi connectivity index (χ4n) is 2.68. The van der Waals surface area contributed by atoms with Crippen molar-refractivity contribution >= 4 is 28.9 Å². The number of hydrogen-bond acceptors (Lipinski definition) is 4. The van der Waals surface area contributed by atoms with Crippen LogP contribution in [0.2, 0.25) is 0 Å². The summed E-state index contributed by atoms with van der Waals surface area (Å²) in [4.78, 5) is 0. The number of halogens is 3. The zero-order valence-electron chi connectivity index (χ0n) is 14.0. The lowest BCUT2D eigenvalue weighted by Crippen LogP contribution is -2.25. The first-order valence-electron chi connectivity index (χ1n) is 7.99. The van der Waals surface area contributed by atoms with E-state index in [2.05, 4.69) is 5.10 Å². The lowest BCUT2D eigenvalue weighted by atomic mass is 9.98. The fraction of sp³-hybridized carbons (Fsp3) is 0.105. The van der Waals surface area contributed by atoms with Crippen LogP contribution in [0.15, 0.2) is 64.2 Å². The van der Waals surface area contributed by atoms with Crippen LogP contribution in [0.25, 0.3) is 0 Å². The molecular formula is C19H15ClF2N4O. The van der Waals surface area contributed by atoms with Crippen molar-refractivity contribution in [2.45, 2.75) is 0 Å². The van der Waals surface area contributed by atoms with E-state index in [0.717, 1.165) is 18.2 Å². The minimum absolute atomic E-state index is 0.00642. The highest BCUT2D eigenvalue weighted by Gasteiger charge is 2.32. The summed E-state index contributed by atoms with van der Waals surface area (Å²) in [5, 5.41) is 31.1. The first-order chi connectivity index (χ1) is 12.9. The third-order valence-electron chi connectivity index (χ3n) is 3.90. The normalized spacial score (nSPS) is 15.8. The van der Waals surface area contributed by atoms with Gasteiger partial charge in [-0.15, -0.1) is 0 Å². The highest BCUT2D eigenvalue weighted by atomic mass is 35.5. The predicted octanol–water partition coefficient (Wildman–Crippen LogP) is 3.52. The van der Waals surface area contributed by atoms with Crippen molar-refractivity contribution in [2.75, 3.05) is 13.2 Å². The molecule has 3 N–H and O–H groups in total. The van der Waals surface area contributed by atoms with Gasteiger partial charge < -0.3 is 5.11 Å². The number of aliphatic hydroxyl groups excluding tert-OH is 1. The van der Waals surface area contributed by atoms with Crippen LogP contribution in [0.3, 0.4) is 0 Å². The number of allylic oxidation sites excluding steroid dienone is 1. The summed E-state index contributed by atoms with van der Waals surface area (Å²) in [6.45, 7) is -0.274. The summed E-state index contributed by atoms with van der Waals surface area (Å²) in [6, 6.07) is 11.5. The van der Waals surface area contributed by atoms with Gasteiger partial charge in [-0.2, -0.15) is 5.10 Å². The van der Waals surface area contributed by atoms with Gasteiger partial charge in [-0.25, -0.2) is 13.8 Å². The van der Waals surface area contributed by atoms with E-state index in [-0.39, 0.29) is 46.6 Å². The van der Waals surface area contributed by atoms with E-state index in [1.54, 1.807) is 30.3 Å². The molecule has 27 heavy (non-hydrogen) atoms. The zero-order valence-corrected chi connectivity index (χ0v) is 14.8. The molecule has 2 aromatic carbocycles. The van der Waals surface area contributed by atoms with Gasteiger partial charge in [0.05, 0.1) is 29.5 Å². The largest absolute Gasteiger partial charge is 0.394 e. The van der Waals surface area contributed by atoms with Gasteiger partial charge in [0.1, 0.15) is 17.3 Å². The molecule has 8 heteroatoms. The van der Waals surface area contributed by atoms with Gasteiger partial charge in [0.15, 0.2) is 5.84 Å². The molecule has 0 atom stereocenters. The Morgan fingerprint density at radius 2 is 1.74 bits per heavy atom. The second-order valence-electron chi connectivity index (χ2n) is 5.73. The summed E-state index contributed by atoms with van der Waals surface area (Å²) in [7, 11) is 0. The van der Waals surface area contributed by atoms with Gasteiger partial charge in [-0.05, 0) is 12.1 Å². The van der Waals surface area contributed by atoms with Crippen molar-refractivity contribution in [1.82, 2.24) is 5.01 Å². The fourth-order valence-corrected chi connectivity index (χ4v) is 2.96. The molecule has 0 radical (unpaired) electrons. The SMILES string of the molecule is N=C(/C(Cl)=C1\C(=N)N(CCO)N=C1c1cc(F)cc(F)c1)c1ccccc1. The molecule has 3 rings (SSSR count). The predicted molar refractivity (Wildman–Crippen MR) is 101 cm³/mol. The molecular weight excluding hydrogens is 374 g/mol. The van der Waals surface area contributed by atoms with Crippen LogP contribution in [-0.4, -0.2) is 40.5 Å². The molecule has 0 aliphatic carbocycles. The van der Waals surface area contributed by atoms with E-state index in [0.29, 0.717) is 5.56 Å². The van der Waals surface area contributed by atoms with Crippen LogP contribution in [-0.2, 0) is 0 Å². The van der Waals surface area contributed by atoms with Gasteiger partial charge in [0.25, 0.3) is 0 Å². The maximum absolute atomic E-state index is 13.7. The van der Waals surface area contributed by atoms with Gasteiger partial charge in [-0.3, -0.25) is 10.8 Å². The lowest BCUT2D eigenvalue weighted by molar-refractivity contribution is 0.254. The first kappa shape index (κ1) is 18.9. The van der Waals surface area contributed by atoms with Gasteiger partial charge in [0.2, 0.25) is 0 Å². The van der Waals surface area contributed by atoms with Crippen molar-refractivity contribution in [3.05, 3.63) is 81.9 Å². The van der Waals surface area contributed by atoms with Gasteiger partial charge in [-0.1, -0.05) is 41.9 Å². The van der Waals surface area contributed by atoms with Crippen LogP contribution in [0.4, 0.5) is 8.78 Å². The number of amidine groups is 1. The molecule has 1 heterocycles. The van der Waals surface area contributed by atoms with Crippen LogP contribution < -0.4 is 0 Å². The number of aliphatic hydroxyl groups is 1. The van der Waals surface area contributed by atoms with Crippen molar-refractivity contribution in [2.24, 2.45) is 5.10 Å². The smallest absolute Gasteiger partial charge is 0.152 e. The van der Waals surface area contributed by atoms with Crippen molar-refractivity contribution in [3.8, 4) is 0 Å². The van der Waals surface area contributed by atoms with Crippen molar-refractivity contribution in [1.29, 1.82) is 10.8 Å². The Balaban J connectivity index is 2.14. The number of hydrazone groups is 1. The summed E-state index contributed by atoms with van der Waals surface area (Å²) < 4.78 is 27.4. The molecule has 5 nitrogen and oxygen atoms in total. The first-order valence-corrected chi connectivity index (χ1v) is 8.37. The quantitative estimate of drug-likeness (QED) is 0.685. The number of rotatable bonds is 5. The van der Waals surface area contributed by atoms with Gasteiger partial charge >= 0.3 is 0 Å². The maximum atomic E-state index is 13.7. The Labute approximate surface area is 159 Å². The number of hydrogen-bond donors (Lipinski definition) is 3. The average molecular weight is 389 g/mol. The zero-order chi connectivity index (χ0) is 19.6. The molecule has 0 saturated heterocycles. The van der Waals surface area contributed by atoms with E-state index in [1.807, 2.05) is 0 Å². The molecule has 0 fully saturated rings. The minimum Gasteiger partial charge on any atom is -0.394 e. The Hall–Kier alpha value is -2.90. The third kappa shape index (κ3) is 3.79. The molecule has 0 bridgehead atoms. The topological polar surface area (TPSA) is 83.5 Å². The van der Waals surface area contributed by atoms with Gasteiger partial charge in [0, 0.05) is 17.2 Å². The molecule has 0 spiro atoms. The molecule has 0 saturated carbocycles. The Morgan fingerprint density at radius 3 is 2.33 bits per heavy atom. The summed E-state index contributed by atoms with van der Waals surface area (Å²) in [5.74, 6) is -1.75. The summed E-state index contributed by atoms with van der Waals surface area (Å²) in [5.41, 5.74) is 0.703. The maximum Gasteiger partial charge on any atom is 0.152 e. The summed E-state index contributed by atoms with van der Waals surface area (Å²) >= 11 is 6.41. The molecule has 0 unspecified atom stereocenters. The Kier molecular flexibility index (Phi) is 5.43. The van der Waals surface area contributed by atoms with Crippen LogP contribution in [0, 0.1) is 22.5 Å². The standard InChI is InChI=1S/C19H15ClF2N4O/c20-16(17(23)11-4-2-1-3-5-11)15-18(25-26(6-7-27)19(15)24)12-8-13(21)10-14(22)9-12/h1-5,8-10,23-24,27H,6-7H2/b16-15+,23-17?,24-19?. The molecule has 1 aliphatic heterocycles. The average Bonchev–Trinajstić information content (AvgIpc) is 2.97. The van der Waals surface area contributed by atoms with Crippen molar-refractivity contribution in [3.63, 3.8) is 0 Å². The molecule has 1 aliphatic rings. The minimum atomic E-state index is -0.798. The highest BCUT2D eigenvalue weighted by molar-refractivity contribution is 6.52. The second kappa shape index (κ2) is 7.77. The number of nitrogens with one attached hydrogen (secondary N) is 2. The van der Waals surface area contributed by atoms with E-state index in [1.165, 1.54) is 5.01 Å². The van der Waals surface area contributed by atoms with Crippen LogP contribution in [0.1, 0.15) is 11.1 Å². The highest BCUT2D eigenvalue weighted by Crippen LogP contribution is 2.28. The molecule has 0 aromatic heterocycles. The second-order valence-corrected chi connectivity index (χ2v) is 6.11. The van der Waals surface area contributed by atoms with E-state index in [4.69, 9.17) is 22.4 Å². The molecule has 2 aromatic rings. The van der Waals surface area contributed by atoms with Crippen molar-refractivity contribution < 1.29 is 13.9 Å². The van der Waals surface area contributed by atoms with Crippen LogP contribution in [0.5, 0.6) is 0 Å². The summed E-state index contributed by atoms with van der Waals surface area (Å²) in [6.07, 6.45) is 0. The monoisotopic (exact) mass is 388 g/mol.